The molecular formula is C15H15N3O3. The minimum Gasteiger partial charge on any atom is -0.462 e. The van der Waals surface area contributed by atoms with Crippen LogP contribution in [0.3, 0.4) is 0 Å². The number of nitrogens with two attached hydrogens (primary N) is 1. The first-order valence-electron chi connectivity index (χ1n) is 6.41. The van der Waals surface area contributed by atoms with Crippen molar-refractivity contribution in [2.45, 2.75) is 6.92 Å². The number of ether oxygens (including phenoxy) is 1. The number of pyridine rings is 1. The van der Waals surface area contributed by atoms with E-state index in [4.69, 9.17) is 10.5 Å². The molecule has 1 amide bonds. The minimum atomic E-state index is -0.406. The minimum absolute atomic E-state index is 0.159. The van der Waals surface area contributed by atoms with Gasteiger partial charge in [-0.05, 0) is 43.3 Å². The third kappa shape index (κ3) is 3.56. The molecule has 108 valence electrons. The highest BCUT2D eigenvalue weighted by molar-refractivity contribution is 6.06. The first-order valence-corrected chi connectivity index (χ1v) is 6.41. The summed E-state index contributed by atoms with van der Waals surface area (Å²) in [7, 11) is 0. The topological polar surface area (TPSA) is 94.3 Å². The summed E-state index contributed by atoms with van der Waals surface area (Å²) in [4.78, 5) is 27.5. The van der Waals surface area contributed by atoms with Crippen LogP contribution in [0.25, 0.3) is 0 Å². The molecule has 6 nitrogen and oxygen atoms in total. The van der Waals surface area contributed by atoms with Crippen molar-refractivity contribution in [2.75, 3.05) is 17.7 Å². The third-order valence-corrected chi connectivity index (χ3v) is 2.71. The van der Waals surface area contributed by atoms with Gasteiger partial charge in [-0.25, -0.2) is 9.78 Å². The van der Waals surface area contributed by atoms with Crippen LogP contribution in [-0.4, -0.2) is 23.5 Å². The Kier molecular flexibility index (Phi) is 4.50. The predicted molar refractivity (Wildman–Crippen MR) is 79.0 cm³/mol. The van der Waals surface area contributed by atoms with Crippen LogP contribution in [0.5, 0.6) is 0 Å². The fraction of sp³-hybridized carbons (Fsp3) is 0.133. The highest BCUT2D eigenvalue weighted by Crippen LogP contribution is 2.14. The number of benzene rings is 1. The maximum Gasteiger partial charge on any atom is 0.338 e. The summed E-state index contributed by atoms with van der Waals surface area (Å²) in [5.74, 6) is -0.804. The number of hydrogen-bond acceptors (Lipinski definition) is 5. The Morgan fingerprint density at radius 2 is 1.95 bits per heavy atom. The van der Waals surface area contributed by atoms with Crippen LogP contribution in [0.15, 0.2) is 42.6 Å². The zero-order valence-corrected chi connectivity index (χ0v) is 11.5. The van der Waals surface area contributed by atoms with Gasteiger partial charge in [0.1, 0.15) is 0 Å². The van der Waals surface area contributed by atoms with E-state index in [2.05, 4.69) is 10.3 Å². The molecule has 0 bridgehead atoms. The van der Waals surface area contributed by atoms with Gasteiger partial charge in [-0.1, -0.05) is 0 Å². The van der Waals surface area contributed by atoms with E-state index >= 15 is 0 Å². The number of nitrogens with zero attached hydrogens (tertiary/aromatic N) is 1. The fourth-order valence-corrected chi connectivity index (χ4v) is 1.70. The number of aromatic nitrogens is 1. The number of esters is 1. The lowest BCUT2D eigenvalue weighted by Crippen LogP contribution is -2.15. The molecule has 0 aliphatic carbocycles. The molecule has 1 aromatic carbocycles. The van der Waals surface area contributed by atoms with Crippen LogP contribution in [-0.2, 0) is 4.74 Å². The molecule has 0 unspecified atom stereocenters. The van der Waals surface area contributed by atoms with Crippen molar-refractivity contribution >= 4 is 23.3 Å². The van der Waals surface area contributed by atoms with Crippen molar-refractivity contribution in [3.8, 4) is 0 Å². The number of hydrogen-bond donors (Lipinski definition) is 2. The van der Waals surface area contributed by atoms with Gasteiger partial charge in [-0.2, -0.15) is 0 Å². The second-order valence-electron chi connectivity index (χ2n) is 4.19. The van der Waals surface area contributed by atoms with E-state index in [1.54, 1.807) is 43.3 Å². The van der Waals surface area contributed by atoms with E-state index in [1.807, 2.05) is 0 Å². The number of rotatable bonds is 4. The van der Waals surface area contributed by atoms with E-state index in [0.29, 0.717) is 23.5 Å². The largest absolute Gasteiger partial charge is 0.462 e. The highest BCUT2D eigenvalue weighted by Gasteiger charge is 2.11. The average molecular weight is 285 g/mol. The molecule has 0 spiro atoms. The lowest BCUT2D eigenvalue weighted by Gasteiger charge is -2.07. The van der Waals surface area contributed by atoms with Crippen LogP contribution < -0.4 is 11.1 Å². The maximum absolute atomic E-state index is 12.0. The molecule has 1 aromatic heterocycles. The van der Waals surface area contributed by atoms with Crippen molar-refractivity contribution in [1.82, 2.24) is 4.98 Å². The number of nitrogen functional groups attached to an aromatic ring is 1. The van der Waals surface area contributed by atoms with Crippen molar-refractivity contribution < 1.29 is 14.3 Å². The summed E-state index contributed by atoms with van der Waals surface area (Å²) >= 11 is 0. The Morgan fingerprint density at radius 3 is 2.57 bits per heavy atom. The number of amides is 1. The quantitative estimate of drug-likeness (QED) is 0.839. The summed E-state index contributed by atoms with van der Waals surface area (Å²) in [6, 6.07) is 9.64. The normalized spacial score (nSPS) is 9.95. The van der Waals surface area contributed by atoms with Gasteiger partial charge in [0, 0.05) is 11.9 Å². The average Bonchev–Trinajstić information content (AvgIpc) is 2.48. The number of nitrogens with one attached hydrogen (secondary N) is 1. The highest BCUT2D eigenvalue weighted by atomic mass is 16.5. The molecule has 6 heteroatoms. The molecule has 2 aromatic rings. The van der Waals surface area contributed by atoms with E-state index < -0.39 is 11.9 Å². The van der Waals surface area contributed by atoms with Gasteiger partial charge < -0.3 is 15.8 Å². The molecule has 0 saturated heterocycles. The summed E-state index contributed by atoms with van der Waals surface area (Å²) in [6.07, 6.45) is 1.50. The van der Waals surface area contributed by atoms with Gasteiger partial charge >= 0.3 is 5.97 Å². The standard InChI is InChI=1S/C15H15N3O3/c1-2-21-15(20)10-5-7-11(8-6-10)18-14(19)13-12(16)4-3-9-17-13/h3-9H,2,16H2,1H3,(H,18,19). The molecule has 0 saturated carbocycles. The second kappa shape index (κ2) is 6.51. The monoisotopic (exact) mass is 285 g/mol. The van der Waals surface area contributed by atoms with Crippen LogP contribution in [0.2, 0.25) is 0 Å². The van der Waals surface area contributed by atoms with E-state index in [9.17, 15) is 9.59 Å². The molecule has 0 aliphatic heterocycles. The summed E-state index contributed by atoms with van der Waals surface area (Å²) in [6.45, 7) is 2.06. The number of anilines is 2. The maximum atomic E-state index is 12.0. The molecule has 0 atom stereocenters. The van der Waals surface area contributed by atoms with E-state index in [-0.39, 0.29) is 5.69 Å². The Morgan fingerprint density at radius 1 is 1.24 bits per heavy atom. The Labute approximate surface area is 121 Å². The molecular weight excluding hydrogens is 270 g/mol. The number of carbonyl (C=O) groups is 2. The first-order chi connectivity index (χ1) is 10.1. The molecule has 0 radical (unpaired) electrons. The molecule has 21 heavy (non-hydrogen) atoms. The third-order valence-electron chi connectivity index (χ3n) is 2.71. The molecule has 3 N–H and O–H groups in total. The van der Waals surface area contributed by atoms with Crippen molar-refractivity contribution in [1.29, 1.82) is 0 Å². The Bertz CT molecular complexity index is 653. The van der Waals surface area contributed by atoms with E-state index in [0.717, 1.165) is 0 Å². The van der Waals surface area contributed by atoms with Crippen molar-refractivity contribution in [3.05, 3.63) is 53.9 Å². The molecule has 2 rings (SSSR count). The molecule has 1 heterocycles. The smallest absolute Gasteiger partial charge is 0.338 e. The van der Waals surface area contributed by atoms with Gasteiger partial charge in [-0.3, -0.25) is 4.79 Å². The summed E-state index contributed by atoms with van der Waals surface area (Å²) in [5, 5.41) is 2.66. The Hall–Kier alpha value is -2.89. The lowest BCUT2D eigenvalue weighted by atomic mass is 10.2. The Balaban J connectivity index is 2.09. The van der Waals surface area contributed by atoms with Gasteiger partial charge in [0.05, 0.1) is 17.9 Å². The second-order valence-corrected chi connectivity index (χ2v) is 4.19. The predicted octanol–water partition coefficient (Wildman–Crippen LogP) is 2.09. The molecule has 0 aliphatic rings. The van der Waals surface area contributed by atoms with Crippen LogP contribution in [0, 0.1) is 0 Å². The van der Waals surface area contributed by atoms with Crippen LogP contribution in [0.1, 0.15) is 27.8 Å². The van der Waals surface area contributed by atoms with Gasteiger partial charge in [-0.15, -0.1) is 0 Å². The van der Waals surface area contributed by atoms with Gasteiger partial charge in [0.2, 0.25) is 0 Å². The fourth-order valence-electron chi connectivity index (χ4n) is 1.70. The van der Waals surface area contributed by atoms with Gasteiger partial charge in [0.25, 0.3) is 5.91 Å². The first kappa shape index (κ1) is 14.5. The van der Waals surface area contributed by atoms with Crippen LogP contribution in [0.4, 0.5) is 11.4 Å². The zero-order chi connectivity index (χ0) is 15.2. The van der Waals surface area contributed by atoms with Gasteiger partial charge in [0.15, 0.2) is 5.69 Å². The van der Waals surface area contributed by atoms with E-state index in [1.165, 1.54) is 6.20 Å². The molecule has 0 fully saturated rings. The zero-order valence-electron chi connectivity index (χ0n) is 11.5. The lowest BCUT2D eigenvalue weighted by molar-refractivity contribution is 0.0526. The number of carbonyl (C=O) groups excluding carboxylic acids is 2. The summed E-state index contributed by atoms with van der Waals surface area (Å²) < 4.78 is 4.88. The van der Waals surface area contributed by atoms with Crippen molar-refractivity contribution in [3.63, 3.8) is 0 Å². The SMILES string of the molecule is CCOC(=O)c1ccc(NC(=O)c2ncccc2N)cc1. The van der Waals surface area contributed by atoms with Crippen molar-refractivity contribution in [2.24, 2.45) is 0 Å². The summed E-state index contributed by atoms with van der Waals surface area (Å²) in [5.41, 5.74) is 7.11. The van der Waals surface area contributed by atoms with Crippen LogP contribution >= 0.6 is 0 Å².